The molecule has 146 valence electrons. The molecule has 28 heavy (non-hydrogen) atoms. The fourth-order valence-corrected chi connectivity index (χ4v) is 3.40. The lowest BCUT2D eigenvalue weighted by atomic mass is 9.94. The molecule has 0 spiro atoms. The number of carboxylic acid groups (broad SMARTS) is 1. The Labute approximate surface area is 164 Å². The van der Waals surface area contributed by atoms with E-state index in [0.717, 1.165) is 16.3 Å². The number of aliphatic carboxylic acids is 1. The van der Waals surface area contributed by atoms with Gasteiger partial charge in [-0.05, 0) is 28.7 Å². The van der Waals surface area contributed by atoms with Gasteiger partial charge in [0.2, 0.25) is 0 Å². The summed E-state index contributed by atoms with van der Waals surface area (Å²) < 4.78 is 1.61. The van der Waals surface area contributed by atoms with E-state index in [1.54, 1.807) is 17.9 Å². The lowest BCUT2D eigenvalue weighted by molar-refractivity contribution is -0.141. The number of hydrogen-bond acceptors (Lipinski definition) is 3. The summed E-state index contributed by atoms with van der Waals surface area (Å²) >= 11 is 0. The second-order valence-electron chi connectivity index (χ2n) is 7.34. The summed E-state index contributed by atoms with van der Waals surface area (Å²) in [4.78, 5) is 24.4. The molecule has 1 unspecified atom stereocenters. The zero-order valence-corrected chi connectivity index (χ0v) is 16.3. The van der Waals surface area contributed by atoms with Gasteiger partial charge in [-0.2, -0.15) is 5.10 Å². The molecule has 0 saturated heterocycles. The van der Waals surface area contributed by atoms with Crippen LogP contribution in [-0.2, 0) is 18.3 Å². The number of hydrogen-bond donors (Lipinski definition) is 2. The van der Waals surface area contributed by atoms with Crippen LogP contribution >= 0.6 is 0 Å². The van der Waals surface area contributed by atoms with Crippen molar-refractivity contribution >= 4 is 22.6 Å². The quantitative estimate of drug-likeness (QED) is 0.659. The molecule has 1 aromatic heterocycles. The van der Waals surface area contributed by atoms with E-state index in [2.05, 4.69) is 10.4 Å². The van der Waals surface area contributed by atoms with Crippen LogP contribution in [0.5, 0.6) is 0 Å². The van der Waals surface area contributed by atoms with E-state index in [1.807, 2.05) is 56.3 Å². The van der Waals surface area contributed by atoms with Crippen LogP contribution in [0, 0.1) is 5.92 Å². The number of carboxylic acids is 1. The fraction of sp³-hybridized carbons (Fsp3) is 0.318. The van der Waals surface area contributed by atoms with Crippen LogP contribution in [0.2, 0.25) is 0 Å². The standard InChI is InChI=1S/C22H25N3O3/c1-14(2)20-19(13-25(3)24-20)21(26)23-12-17(22(27)28)11-16-9-6-8-15-7-4-5-10-18(15)16/h4-10,13-14,17H,11-12H2,1-3H3,(H,23,26)(H,27,28). The van der Waals surface area contributed by atoms with Crippen molar-refractivity contribution in [2.75, 3.05) is 6.54 Å². The van der Waals surface area contributed by atoms with Crippen LogP contribution < -0.4 is 5.32 Å². The predicted octanol–water partition coefficient (Wildman–Crippen LogP) is 3.37. The van der Waals surface area contributed by atoms with Crippen LogP contribution in [0.4, 0.5) is 0 Å². The average Bonchev–Trinajstić information content (AvgIpc) is 3.07. The Morgan fingerprint density at radius 2 is 1.86 bits per heavy atom. The van der Waals surface area contributed by atoms with Gasteiger partial charge in [-0.1, -0.05) is 56.3 Å². The summed E-state index contributed by atoms with van der Waals surface area (Å²) in [7, 11) is 1.77. The molecule has 0 aliphatic heterocycles. The number of carbonyl (C=O) groups excluding carboxylic acids is 1. The SMILES string of the molecule is CC(C)c1nn(C)cc1C(=O)NCC(Cc1cccc2ccccc12)C(=O)O. The molecule has 0 aliphatic rings. The number of amides is 1. The van der Waals surface area contributed by atoms with Gasteiger partial charge in [0, 0.05) is 19.8 Å². The van der Waals surface area contributed by atoms with Crippen molar-refractivity contribution in [3.8, 4) is 0 Å². The van der Waals surface area contributed by atoms with Gasteiger partial charge < -0.3 is 10.4 Å². The number of aryl methyl sites for hydroxylation is 1. The van der Waals surface area contributed by atoms with Crippen molar-refractivity contribution in [2.45, 2.75) is 26.2 Å². The molecule has 1 atom stereocenters. The number of benzene rings is 2. The van der Waals surface area contributed by atoms with E-state index in [9.17, 15) is 14.7 Å². The minimum absolute atomic E-state index is 0.0593. The van der Waals surface area contributed by atoms with Crippen molar-refractivity contribution in [3.63, 3.8) is 0 Å². The highest BCUT2D eigenvalue weighted by atomic mass is 16.4. The summed E-state index contributed by atoms with van der Waals surface area (Å²) in [5.41, 5.74) is 2.16. The molecule has 2 aromatic carbocycles. The average molecular weight is 379 g/mol. The molecule has 0 saturated carbocycles. The summed E-state index contributed by atoms with van der Waals surface area (Å²) in [6.45, 7) is 4.00. The maximum Gasteiger partial charge on any atom is 0.308 e. The number of nitrogens with zero attached hydrogens (tertiary/aromatic N) is 2. The van der Waals surface area contributed by atoms with Crippen molar-refractivity contribution in [2.24, 2.45) is 13.0 Å². The normalized spacial score (nSPS) is 12.3. The Balaban J connectivity index is 1.75. The Morgan fingerprint density at radius 3 is 2.57 bits per heavy atom. The third-order valence-corrected chi connectivity index (χ3v) is 4.85. The first-order chi connectivity index (χ1) is 13.4. The molecule has 0 radical (unpaired) electrons. The van der Waals surface area contributed by atoms with Crippen LogP contribution in [0.3, 0.4) is 0 Å². The molecule has 6 heteroatoms. The Kier molecular flexibility index (Phi) is 5.78. The maximum absolute atomic E-state index is 12.6. The molecule has 1 heterocycles. The van der Waals surface area contributed by atoms with Gasteiger partial charge in [-0.15, -0.1) is 0 Å². The van der Waals surface area contributed by atoms with E-state index in [0.29, 0.717) is 17.7 Å². The fourth-order valence-electron chi connectivity index (χ4n) is 3.40. The van der Waals surface area contributed by atoms with Gasteiger partial charge in [-0.3, -0.25) is 14.3 Å². The Bertz CT molecular complexity index is 1000. The van der Waals surface area contributed by atoms with Gasteiger partial charge in [-0.25, -0.2) is 0 Å². The summed E-state index contributed by atoms with van der Waals surface area (Å²) in [5, 5.41) is 18.9. The smallest absolute Gasteiger partial charge is 0.308 e. The second kappa shape index (κ2) is 8.25. The first-order valence-electron chi connectivity index (χ1n) is 9.38. The summed E-state index contributed by atoms with van der Waals surface area (Å²) in [6, 6.07) is 13.8. The molecule has 0 aliphatic carbocycles. The number of nitrogens with one attached hydrogen (secondary N) is 1. The maximum atomic E-state index is 12.6. The second-order valence-corrected chi connectivity index (χ2v) is 7.34. The van der Waals surface area contributed by atoms with Crippen LogP contribution in [0.25, 0.3) is 10.8 Å². The Hall–Kier alpha value is -3.15. The lowest BCUT2D eigenvalue weighted by Gasteiger charge is -2.15. The highest BCUT2D eigenvalue weighted by Crippen LogP contribution is 2.22. The van der Waals surface area contributed by atoms with E-state index < -0.39 is 11.9 Å². The molecular formula is C22H25N3O3. The van der Waals surface area contributed by atoms with Crippen LogP contribution in [0.15, 0.2) is 48.7 Å². The number of carbonyl (C=O) groups is 2. The van der Waals surface area contributed by atoms with Gasteiger partial charge >= 0.3 is 5.97 Å². The highest BCUT2D eigenvalue weighted by Gasteiger charge is 2.23. The molecule has 0 bridgehead atoms. The first kappa shape index (κ1) is 19.6. The summed E-state index contributed by atoms with van der Waals surface area (Å²) in [5.74, 6) is -1.83. The third-order valence-electron chi connectivity index (χ3n) is 4.85. The molecule has 0 fully saturated rings. The number of aromatic nitrogens is 2. The van der Waals surface area contributed by atoms with Crippen molar-refractivity contribution < 1.29 is 14.7 Å². The number of fused-ring (bicyclic) bond motifs is 1. The largest absolute Gasteiger partial charge is 0.481 e. The van der Waals surface area contributed by atoms with Crippen LogP contribution in [0.1, 0.15) is 41.4 Å². The topological polar surface area (TPSA) is 84.2 Å². The van der Waals surface area contributed by atoms with Gasteiger partial charge in [0.1, 0.15) is 0 Å². The summed E-state index contributed by atoms with van der Waals surface area (Å²) in [6.07, 6.45) is 2.02. The monoisotopic (exact) mass is 379 g/mol. The zero-order valence-electron chi connectivity index (χ0n) is 16.3. The van der Waals surface area contributed by atoms with Crippen LogP contribution in [-0.4, -0.2) is 33.3 Å². The molecule has 3 aromatic rings. The lowest BCUT2D eigenvalue weighted by Crippen LogP contribution is -2.34. The van der Waals surface area contributed by atoms with E-state index >= 15 is 0 Å². The molecule has 1 amide bonds. The highest BCUT2D eigenvalue weighted by molar-refractivity contribution is 5.95. The molecular weight excluding hydrogens is 354 g/mol. The Morgan fingerprint density at radius 1 is 1.14 bits per heavy atom. The first-order valence-corrected chi connectivity index (χ1v) is 9.38. The molecule has 6 nitrogen and oxygen atoms in total. The minimum Gasteiger partial charge on any atom is -0.481 e. The van der Waals surface area contributed by atoms with E-state index in [1.165, 1.54) is 0 Å². The van der Waals surface area contributed by atoms with Gasteiger partial charge in [0.15, 0.2) is 0 Å². The van der Waals surface area contributed by atoms with Crippen molar-refractivity contribution in [1.82, 2.24) is 15.1 Å². The van der Waals surface area contributed by atoms with Gasteiger partial charge in [0.05, 0.1) is 17.2 Å². The van der Waals surface area contributed by atoms with Crippen molar-refractivity contribution in [3.05, 3.63) is 65.5 Å². The minimum atomic E-state index is -0.927. The van der Waals surface area contributed by atoms with E-state index in [4.69, 9.17) is 0 Å². The van der Waals surface area contributed by atoms with Crippen molar-refractivity contribution in [1.29, 1.82) is 0 Å². The zero-order chi connectivity index (χ0) is 20.3. The molecule has 2 N–H and O–H groups in total. The number of rotatable bonds is 7. The van der Waals surface area contributed by atoms with Gasteiger partial charge in [0.25, 0.3) is 5.91 Å². The van der Waals surface area contributed by atoms with E-state index in [-0.39, 0.29) is 18.4 Å². The predicted molar refractivity (Wildman–Crippen MR) is 108 cm³/mol. The third kappa shape index (κ3) is 4.22. The molecule has 3 rings (SSSR count).